The number of esters is 1. The molecule has 0 atom stereocenters. The Morgan fingerprint density at radius 3 is 2.52 bits per heavy atom. The molecule has 21 heavy (non-hydrogen) atoms. The first kappa shape index (κ1) is 16.8. The highest BCUT2D eigenvalue weighted by atomic mass is 16.5. The van der Waals surface area contributed by atoms with Crippen molar-refractivity contribution in [2.24, 2.45) is 0 Å². The summed E-state index contributed by atoms with van der Waals surface area (Å²) in [5, 5.41) is 5.76. The minimum atomic E-state index is -0.417. The van der Waals surface area contributed by atoms with Crippen LogP contribution < -0.4 is 16.4 Å². The fourth-order valence-electron chi connectivity index (χ4n) is 1.69. The number of ether oxygens (including phenoxy) is 1. The second-order valence-corrected chi connectivity index (χ2v) is 5.67. The van der Waals surface area contributed by atoms with E-state index in [9.17, 15) is 9.59 Å². The molecule has 1 rings (SSSR count). The van der Waals surface area contributed by atoms with E-state index in [0.717, 1.165) is 0 Å². The molecule has 0 radical (unpaired) electrons. The fraction of sp³-hybridized carbons (Fsp3) is 0.467. The minimum absolute atomic E-state index is 0.0771. The van der Waals surface area contributed by atoms with Crippen LogP contribution in [0.2, 0.25) is 0 Å². The van der Waals surface area contributed by atoms with Gasteiger partial charge in [-0.1, -0.05) is 0 Å². The van der Waals surface area contributed by atoms with Gasteiger partial charge in [-0.3, -0.25) is 4.79 Å². The Hall–Kier alpha value is -2.24. The molecule has 1 aromatic carbocycles. The molecule has 0 unspecified atom stereocenters. The average Bonchev–Trinajstić information content (AvgIpc) is 2.36. The van der Waals surface area contributed by atoms with Gasteiger partial charge < -0.3 is 21.1 Å². The second-order valence-electron chi connectivity index (χ2n) is 5.67. The van der Waals surface area contributed by atoms with Gasteiger partial charge in [0.2, 0.25) is 5.91 Å². The lowest BCUT2D eigenvalue weighted by molar-refractivity contribution is -0.120. The van der Waals surface area contributed by atoms with Gasteiger partial charge in [-0.15, -0.1) is 0 Å². The highest BCUT2D eigenvalue weighted by Gasteiger charge is 2.14. The zero-order valence-corrected chi connectivity index (χ0v) is 12.9. The third kappa shape index (κ3) is 5.72. The van der Waals surface area contributed by atoms with E-state index in [2.05, 4.69) is 10.6 Å². The van der Waals surface area contributed by atoms with Gasteiger partial charge in [0.25, 0.3) is 0 Å². The Balaban J connectivity index is 2.72. The number of carbonyl (C=O) groups excluding carboxylic acids is 2. The Morgan fingerprint density at radius 2 is 1.95 bits per heavy atom. The number of anilines is 2. The average molecular weight is 293 g/mol. The quantitative estimate of drug-likeness (QED) is 0.568. The van der Waals surface area contributed by atoms with Crippen LogP contribution in [-0.4, -0.2) is 30.6 Å². The van der Waals surface area contributed by atoms with Crippen molar-refractivity contribution in [2.45, 2.75) is 33.2 Å². The van der Waals surface area contributed by atoms with Crippen molar-refractivity contribution in [3.05, 3.63) is 23.8 Å². The summed E-state index contributed by atoms with van der Waals surface area (Å²) >= 11 is 0. The van der Waals surface area contributed by atoms with Gasteiger partial charge in [-0.2, -0.15) is 0 Å². The van der Waals surface area contributed by atoms with Crippen molar-refractivity contribution < 1.29 is 14.3 Å². The molecule has 0 aliphatic carbocycles. The molecule has 1 amide bonds. The summed E-state index contributed by atoms with van der Waals surface area (Å²) in [4.78, 5) is 23.4. The molecule has 0 fully saturated rings. The number of rotatable bonds is 5. The van der Waals surface area contributed by atoms with Gasteiger partial charge in [-0.05, 0) is 45.9 Å². The molecule has 1 aromatic rings. The van der Waals surface area contributed by atoms with Gasteiger partial charge in [0.15, 0.2) is 0 Å². The number of benzene rings is 1. The summed E-state index contributed by atoms with van der Waals surface area (Å²) in [7, 11) is 0. The van der Waals surface area contributed by atoms with Crippen LogP contribution in [0.1, 0.15) is 38.1 Å². The lowest BCUT2D eigenvalue weighted by Gasteiger charge is -2.21. The second kappa shape index (κ2) is 6.97. The Morgan fingerprint density at radius 1 is 1.29 bits per heavy atom. The molecule has 0 saturated carbocycles. The third-order valence-electron chi connectivity index (χ3n) is 2.52. The summed E-state index contributed by atoms with van der Waals surface area (Å²) in [5.41, 5.74) is 6.93. The molecule has 6 heteroatoms. The van der Waals surface area contributed by atoms with Gasteiger partial charge in [0, 0.05) is 5.54 Å². The van der Waals surface area contributed by atoms with Crippen LogP contribution in [0, 0.1) is 0 Å². The zero-order chi connectivity index (χ0) is 16.0. The minimum Gasteiger partial charge on any atom is -0.462 e. The first-order valence-corrected chi connectivity index (χ1v) is 6.84. The zero-order valence-electron chi connectivity index (χ0n) is 12.9. The van der Waals surface area contributed by atoms with Crippen LogP contribution >= 0.6 is 0 Å². The molecule has 116 valence electrons. The van der Waals surface area contributed by atoms with Gasteiger partial charge in [-0.25, -0.2) is 4.79 Å². The van der Waals surface area contributed by atoms with Crippen LogP contribution in [0.4, 0.5) is 11.4 Å². The molecule has 0 heterocycles. The summed E-state index contributed by atoms with van der Waals surface area (Å²) in [6.07, 6.45) is 0. The fourth-order valence-corrected chi connectivity index (χ4v) is 1.69. The summed E-state index contributed by atoms with van der Waals surface area (Å²) < 4.78 is 4.93. The van der Waals surface area contributed by atoms with Crippen molar-refractivity contribution in [1.82, 2.24) is 5.32 Å². The van der Waals surface area contributed by atoms with Crippen LogP contribution in [0.3, 0.4) is 0 Å². The Kier molecular flexibility index (Phi) is 5.58. The van der Waals surface area contributed by atoms with Crippen LogP contribution in [0.15, 0.2) is 18.2 Å². The predicted octanol–water partition coefficient (Wildman–Crippen LogP) is 1.77. The van der Waals surface area contributed by atoms with Gasteiger partial charge in [0.1, 0.15) is 0 Å². The van der Waals surface area contributed by atoms with E-state index in [1.54, 1.807) is 25.1 Å². The highest BCUT2D eigenvalue weighted by molar-refractivity contribution is 5.92. The van der Waals surface area contributed by atoms with Crippen molar-refractivity contribution in [3.63, 3.8) is 0 Å². The number of nitrogen functional groups attached to an aromatic ring is 1. The lowest BCUT2D eigenvalue weighted by atomic mass is 10.1. The number of hydrogen-bond donors (Lipinski definition) is 3. The largest absolute Gasteiger partial charge is 0.462 e. The van der Waals surface area contributed by atoms with E-state index in [-0.39, 0.29) is 18.0 Å². The molecule has 0 bridgehead atoms. The lowest BCUT2D eigenvalue weighted by Crippen LogP contribution is -2.43. The maximum atomic E-state index is 11.8. The van der Waals surface area contributed by atoms with E-state index in [0.29, 0.717) is 23.5 Å². The number of nitrogens with two attached hydrogens (primary N) is 1. The first-order valence-electron chi connectivity index (χ1n) is 6.84. The molecule has 0 aromatic heterocycles. The SMILES string of the molecule is CCOC(=O)c1ccc(N)c(NCC(=O)NC(C)(C)C)c1. The van der Waals surface area contributed by atoms with Gasteiger partial charge in [0.05, 0.1) is 30.1 Å². The maximum Gasteiger partial charge on any atom is 0.338 e. The molecular weight excluding hydrogens is 270 g/mol. The Labute approximate surface area is 125 Å². The number of hydrogen-bond acceptors (Lipinski definition) is 5. The van der Waals surface area contributed by atoms with Gasteiger partial charge >= 0.3 is 5.97 Å². The third-order valence-corrected chi connectivity index (χ3v) is 2.52. The summed E-state index contributed by atoms with van der Waals surface area (Å²) in [5.74, 6) is -0.567. The number of carbonyl (C=O) groups is 2. The highest BCUT2D eigenvalue weighted by Crippen LogP contribution is 2.20. The monoisotopic (exact) mass is 293 g/mol. The normalized spacial score (nSPS) is 10.9. The van der Waals surface area contributed by atoms with E-state index in [1.807, 2.05) is 20.8 Å². The van der Waals surface area contributed by atoms with Crippen molar-refractivity contribution in [3.8, 4) is 0 Å². The smallest absolute Gasteiger partial charge is 0.338 e. The molecule has 4 N–H and O–H groups in total. The summed E-state index contributed by atoms with van der Waals surface area (Å²) in [6, 6.07) is 4.78. The number of amides is 1. The van der Waals surface area contributed by atoms with Crippen LogP contribution in [0.5, 0.6) is 0 Å². The summed E-state index contributed by atoms with van der Waals surface area (Å²) in [6.45, 7) is 7.83. The van der Waals surface area contributed by atoms with E-state index in [1.165, 1.54) is 0 Å². The predicted molar refractivity (Wildman–Crippen MR) is 83.2 cm³/mol. The Bertz CT molecular complexity index is 521. The van der Waals surface area contributed by atoms with Crippen molar-refractivity contribution in [2.75, 3.05) is 24.2 Å². The molecule has 6 nitrogen and oxygen atoms in total. The van der Waals surface area contributed by atoms with Crippen LogP contribution in [-0.2, 0) is 9.53 Å². The molecule has 0 spiro atoms. The topological polar surface area (TPSA) is 93.4 Å². The molecule has 0 aliphatic heterocycles. The van der Waals surface area contributed by atoms with Crippen molar-refractivity contribution >= 4 is 23.3 Å². The standard InChI is InChI=1S/C15H23N3O3/c1-5-21-14(20)10-6-7-11(16)12(8-10)17-9-13(19)18-15(2,3)4/h6-8,17H,5,9,16H2,1-4H3,(H,18,19). The van der Waals surface area contributed by atoms with Crippen LogP contribution in [0.25, 0.3) is 0 Å². The first-order chi connectivity index (χ1) is 9.73. The van der Waals surface area contributed by atoms with Crippen molar-refractivity contribution in [1.29, 1.82) is 0 Å². The molecular formula is C15H23N3O3. The molecule has 0 saturated heterocycles. The van der Waals surface area contributed by atoms with E-state index < -0.39 is 5.97 Å². The number of nitrogens with one attached hydrogen (secondary N) is 2. The molecule has 0 aliphatic rings. The van der Waals surface area contributed by atoms with E-state index in [4.69, 9.17) is 10.5 Å². The maximum absolute atomic E-state index is 11.8. The van der Waals surface area contributed by atoms with E-state index >= 15 is 0 Å².